The summed E-state index contributed by atoms with van der Waals surface area (Å²) in [5.41, 5.74) is 1.73. The van der Waals surface area contributed by atoms with Crippen LogP contribution in [-0.4, -0.2) is 21.5 Å². The monoisotopic (exact) mass is 341 g/mol. The molecule has 5 heteroatoms. The second kappa shape index (κ2) is 7.81. The number of para-hydroxylation sites is 1. The van der Waals surface area contributed by atoms with Gasteiger partial charge in [-0.15, -0.1) is 0 Å². The maximum Gasteiger partial charge on any atom is 0.261 e. The van der Waals surface area contributed by atoms with Crippen LogP contribution in [0.1, 0.15) is 51.0 Å². The van der Waals surface area contributed by atoms with Crippen LogP contribution in [0.2, 0.25) is 0 Å². The fraction of sp³-hybridized carbons (Fsp3) is 0.550. The first kappa shape index (κ1) is 17.6. The zero-order chi connectivity index (χ0) is 17.8. The Morgan fingerprint density at radius 2 is 2.12 bits per heavy atom. The van der Waals surface area contributed by atoms with E-state index in [-0.39, 0.29) is 11.5 Å². The van der Waals surface area contributed by atoms with Gasteiger partial charge in [-0.25, -0.2) is 4.98 Å². The zero-order valence-corrected chi connectivity index (χ0v) is 15.1. The number of amides is 1. The predicted molar refractivity (Wildman–Crippen MR) is 99.5 cm³/mol. The van der Waals surface area contributed by atoms with Gasteiger partial charge in [0.2, 0.25) is 5.91 Å². The van der Waals surface area contributed by atoms with Gasteiger partial charge in [-0.1, -0.05) is 31.9 Å². The van der Waals surface area contributed by atoms with E-state index < -0.39 is 0 Å². The van der Waals surface area contributed by atoms with Crippen LogP contribution in [0.3, 0.4) is 0 Å². The van der Waals surface area contributed by atoms with Gasteiger partial charge in [0.1, 0.15) is 0 Å². The van der Waals surface area contributed by atoms with E-state index in [2.05, 4.69) is 17.2 Å². The normalized spacial score (nSPS) is 20.6. The van der Waals surface area contributed by atoms with Crippen LogP contribution < -0.4 is 10.9 Å². The number of aromatic nitrogens is 2. The summed E-state index contributed by atoms with van der Waals surface area (Å²) in [4.78, 5) is 29.1. The van der Waals surface area contributed by atoms with Crippen LogP contribution in [-0.2, 0) is 11.3 Å². The second-order valence-electron chi connectivity index (χ2n) is 7.25. The minimum atomic E-state index is -0.0324. The number of hydrogen-bond donors (Lipinski definition) is 1. The van der Waals surface area contributed by atoms with Crippen LogP contribution in [0.25, 0.3) is 10.9 Å². The van der Waals surface area contributed by atoms with Crippen molar-refractivity contribution in [3.05, 3.63) is 40.4 Å². The van der Waals surface area contributed by atoms with Gasteiger partial charge in [-0.05, 0) is 43.7 Å². The molecule has 1 heterocycles. The van der Waals surface area contributed by atoms with Crippen molar-refractivity contribution in [2.45, 2.75) is 65.0 Å². The highest BCUT2D eigenvalue weighted by atomic mass is 16.1. The molecule has 1 fully saturated rings. The highest BCUT2D eigenvalue weighted by Crippen LogP contribution is 2.23. The lowest BCUT2D eigenvalue weighted by Crippen LogP contribution is -2.41. The highest BCUT2D eigenvalue weighted by Gasteiger charge is 2.22. The quantitative estimate of drug-likeness (QED) is 0.908. The molecule has 134 valence electrons. The Morgan fingerprint density at radius 3 is 2.92 bits per heavy atom. The summed E-state index contributed by atoms with van der Waals surface area (Å²) in [6.45, 7) is 4.69. The summed E-state index contributed by atoms with van der Waals surface area (Å²) >= 11 is 0. The third-order valence-electron chi connectivity index (χ3n) is 5.32. The number of carbonyl (C=O) groups excluding carboxylic acids is 1. The average Bonchev–Trinajstić information content (AvgIpc) is 2.60. The number of fused-ring (bicyclic) bond motifs is 1. The Bertz CT molecular complexity index is 812. The molecule has 2 aromatic rings. The van der Waals surface area contributed by atoms with Gasteiger partial charge >= 0.3 is 0 Å². The smallest absolute Gasteiger partial charge is 0.261 e. The topological polar surface area (TPSA) is 64.0 Å². The van der Waals surface area contributed by atoms with Gasteiger partial charge < -0.3 is 5.32 Å². The average molecular weight is 341 g/mol. The number of carbonyl (C=O) groups is 1. The standard InChI is InChI=1S/C20H27N3O2/c1-14-7-3-4-10-17(14)22-18(24)11-6-12-23-13-21-19-15(2)8-5-9-16(19)20(23)25/h5,8-9,13-14,17H,3-4,6-7,10-12H2,1-2H3,(H,22,24)/t14-,17-/m0/s1. The van der Waals surface area contributed by atoms with Gasteiger partial charge in [0, 0.05) is 19.0 Å². The first-order valence-corrected chi connectivity index (χ1v) is 9.30. The molecule has 0 saturated heterocycles. The van der Waals surface area contributed by atoms with E-state index in [1.165, 1.54) is 19.3 Å². The Labute approximate surface area is 148 Å². The van der Waals surface area contributed by atoms with E-state index in [4.69, 9.17) is 0 Å². The molecule has 1 aliphatic carbocycles. The molecule has 2 atom stereocenters. The maximum absolute atomic E-state index is 12.5. The first-order chi connectivity index (χ1) is 12.1. The van der Waals surface area contributed by atoms with Crippen LogP contribution in [0.15, 0.2) is 29.3 Å². The first-order valence-electron chi connectivity index (χ1n) is 9.30. The summed E-state index contributed by atoms with van der Waals surface area (Å²) in [7, 11) is 0. The van der Waals surface area contributed by atoms with Gasteiger partial charge in [0.25, 0.3) is 5.56 Å². The van der Waals surface area contributed by atoms with Crippen LogP contribution in [0.4, 0.5) is 0 Å². The molecule has 1 amide bonds. The molecule has 0 radical (unpaired) electrons. The lowest BCUT2D eigenvalue weighted by atomic mass is 9.86. The molecule has 3 rings (SSSR count). The molecule has 0 unspecified atom stereocenters. The van der Waals surface area contributed by atoms with Gasteiger partial charge in [-0.2, -0.15) is 0 Å². The third kappa shape index (κ3) is 4.09. The van der Waals surface area contributed by atoms with E-state index in [1.807, 2.05) is 25.1 Å². The Hall–Kier alpha value is -2.17. The molecule has 25 heavy (non-hydrogen) atoms. The van der Waals surface area contributed by atoms with Crippen molar-refractivity contribution in [2.75, 3.05) is 0 Å². The molecule has 5 nitrogen and oxygen atoms in total. The minimum Gasteiger partial charge on any atom is -0.353 e. The SMILES string of the molecule is Cc1cccc2c(=O)n(CCCC(=O)N[C@H]3CCCC[C@@H]3C)cnc12. The van der Waals surface area contributed by atoms with Gasteiger partial charge in [0.15, 0.2) is 0 Å². The summed E-state index contributed by atoms with van der Waals surface area (Å²) in [6.07, 6.45) is 7.44. The Morgan fingerprint density at radius 1 is 1.32 bits per heavy atom. The largest absolute Gasteiger partial charge is 0.353 e. The van der Waals surface area contributed by atoms with Crippen LogP contribution in [0.5, 0.6) is 0 Å². The van der Waals surface area contributed by atoms with Crippen LogP contribution in [0, 0.1) is 12.8 Å². The molecule has 0 bridgehead atoms. The van der Waals surface area contributed by atoms with E-state index in [0.717, 1.165) is 17.5 Å². The Kier molecular flexibility index (Phi) is 5.51. The van der Waals surface area contributed by atoms with Crippen LogP contribution >= 0.6 is 0 Å². The molecular weight excluding hydrogens is 314 g/mol. The van der Waals surface area contributed by atoms with E-state index in [0.29, 0.717) is 36.7 Å². The predicted octanol–water partition coefficient (Wildman–Crippen LogP) is 3.18. The van der Waals surface area contributed by atoms with Crippen molar-refractivity contribution in [3.8, 4) is 0 Å². The Balaban J connectivity index is 1.57. The van der Waals surface area contributed by atoms with E-state index >= 15 is 0 Å². The van der Waals surface area contributed by atoms with Crippen molar-refractivity contribution in [1.29, 1.82) is 0 Å². The second-order valence-corrected chi connectivity index (χ2v) is 7.25. The number of nitrogens with zero attached hydrogens (tertiary/aromatic N) is 2. The number of rotatable bonds is 5. The fourth-order valence-corrected chi connectivity index (χ4v) is 3.72. The maximum atomic E-state index is 12.5. The molecule has 1 saturated carbocycles. The lowest BCUT2D eigenvalue weighted by molar-refractivity contribution is -0.122. The van der Waals surface area contributed by atoms with Crippen molar-refractivity contribution < 1.29 is 4.79 Å². The summed E-state index contributed by atoms with van der Waals surface area (Å²) in [5.74, 6) is 0.657. The van der Waals surface area contributed by atoms with Crippen molar-refractivity contribution in [3.63, 3.8) is 0 Å². The molecule has 0 spiro atoms. The highest BCUT2D eigenvalue weighted by molar-refractivity contribution is 5.80. The fourth-order valence-electron chi connectivity index (χ4n) is 3.72. The number of aryl methyl sites for hydroxylation is 2. The summed E-state index contributed by atoms with van der Waals surface area (Å²) < 4.78 is 1.61. The van der Waals surface area contributed by atoms with E-state index in [1.54, 1.807) is 10.9 Å². The zero-order valence-electron chi connectivity index (χ0n) is 15.1. The van der Waals surface area contributed by atoms with E-state index in [9.17, 15) is 9.59 Å². The molecular formula is C20H27N3O2. The number of hydrogen-bond acceptors (Lipinski definition) is 3. The molecule has 0 aliphatic heterocycles. The lowest BCUT2D eigenvalue weighted by Gasteiger charge is -2.29. The summed E-state index contributed by atoms with van der Waals surface area (Å²) in [5, 5.41) is 3.81. The van der Waals surface area contributed by atoms with Crippen molar-refractivity contribution >= 4 is 16.8 Å². The molecule has 1 aromatic heterocycles. The number of benzene rings is 1. The molecule has 1 aromatic carbocycles. The molecule has 1 aliphatic rings. The van der Waals surface area contributed by atoms with Gasteiger partial charge in [0.05, 0.1) is 17.2 Å². The third-order valence-corrected chi connectivity index (χ3v) is 5.32. The minimum absolute atomic E-state index is 0.0324. The molecule has 1 N–H and O–H groups in total. The van der Waals surface area contributed by atoms with Crippen molar-refractivity contribution in [2.24, 2.45) is 5.92 Å². The van der Waals surface area contributed by atoms with Crippen molar-refractivity contribution in [1.82, 2.24) is 14.9 Å². The number of nitrogens with one attached hydrogen (secondary N) is 1. The van der Waals surface area contributed by atoms with Gasteiger partial charge in [-0.3, -0.25) is 14.2 Å². The summed E-state index contributed by atoms with van der Waals surface area (Å²) in [6, 6.07) is 5.96.